The van der Waals surface area contributed by atoms with Crippen molar-refractivity contribution in [1.82, 2.24) is 0 Å². The fourth-order valence-electron chi connectivity index (χ4n) is 1.68. The molecule has 5 heteroatoms. The molecule has 0 amide bonds. The molecule has 0 aliphatic carbocycles. The average Bonchev–Trinajstić information content (AvgIpc) is 2.47. The van der Waals surface area contributed by atoms with Gasteiger partial charge in [0, 0.05) is 10.6 Å². The predicted molar refractivity (Wildman–Crippen MR) is 78.1 cm³/mol. The first-order chi connectivity index (χ1) is 10.1. The van der Waals surface area contributed by atoms with E-state index in [1.165, 1.54) is 36.4 Å². The van der Waals surface area contributed by atoms with Gasteiger partial charge >= 0.3 is 0 Å². The Morgan fingerprint density at radius 3 is 2.71 bits per heavy atom. The van der Waals surface area contributed by atoms with Crippen molar-refractivity contribution in [3.8, 4) is 17.6 Å². The van der Waals surface area contributed by atoms with Crippen molar-refractivity contribution in [3.63, 3.8) is 0 Å². The van der Waals surface area contributed by atoms with Gasteiger partial charge in [0.15, 0.2) is 0 Å². The van der Waals surface area contributed by atoms with Crippen LogP contribution in [0.15, 0.2) is 36.4 Å². The van der Waals surface area contributed by atoms with Gasteiger partial charge in [0.1, 0.15) is 24.0 Å². The molecule has 21 heavy (non-hydrogen) atoms. The minimum atomic E-state index is -0.433. The van der Waals surface area contributed by atoms with E-state index in [9.17, 15) is 8.78 Å². The molecule has 2 aromatic carbocycles. The highest BCUT2D eigenvalue weighted by molar-refractivity contribution is 6.30. The lowest BCUT2D eigenvalue weighted by Gasteiger charge is -2.09. The summed E-state index contributed by atoms with van der Waals surface area (Å²) in [6, 6.07) is 8.13. The topological polar surface area (TPSA) is 35.2 Å². The maximum Gasteiger partial charge on any atom is 0.135 e. The molecule has 0 saturated carbocycles. The van der Waals surface area contributed by atoms with Crippen LogP contribution in [-0.4, -0.2) is 6.54 Å². The second kappa shape index (κ2) is 7.07. The van der Waals surface area contributed by atoms with Crippen molar-refractivity contribution in [2.75, 3.05) is 6.54 Å². The molecule has 0 bridgehead atoms. The Hall–Kier alpha value is -2.09. The minimum Gasteiger partial charge on any atom is -0.487 e. The van der Waals surface area contributed by atoms with Crippen LogP contribution in [0.1, 0.15) is 11.1 Å². The van der Waals surface area contributed by atoms with E-state index >= 15 is 0 Å². The Morgan fingerprint density at radius 2 is 1.95 bits per heavy atom. The molecule has 0 spiro atoms. The molecular weight excluding hydrogens is 296 g/mol. The SMILES string of the molecule is NCC#Cc1cc(F)ccc1OCc1cc(Cl)ccc1F. The zero-order chi connectivity index (χ0) is 15.2. The molecule has 108 valence electrons. The van der Waals surface area contributed by atoms with Crippen molar-refractivity contribution < 1.29 is 13.5 Å². The number of halogens is 3. The van der Waals surface area contributed by atoms with E-state index in [1.54, 1.807) is 0 Å². The molecule has 2 N–H and O–H groups in total. The third-order valence-corrected chi connectivity index (χ3v) is 2.89. The van der Waals surface area contributed by atoms with Crippen LogP contribution in [0.3, 0.4) is 0 Å². The molecule has 0 unspecified atom stereocenters. The molecule has 0 radical (unpaired) electrons. The number of ether oxygens (including phenoxy) is 1. The van der Waals surface area contributed by atoms with Crippen LogP contribution >= 0.6 is 11.6 Å². The zero-order valence-corrected chi connectivity index (χ0v) is 11.8. The Bertz CT molecular complexity index is 707. The van der Waals surface area contributed by atoms with Gasteiger partial charge in [-0.05, 0) is 36.4 Å². The highest BCUT2D eigenvalue weighted by Crippen LogP contribution is 2.22. The lowest BCUT2D eigenvalue weighted by Crippen LogP contribution is -2.00. The van der Waals surface area contributed by atoms with Gasteiger partial charge in [-0.3, -0.25) is 0 Å². The maximum absolute atomic E-state index is 13.6. The third-order valence-electron chi connectivity index (χ3n) is 2.66. The second-order valence-electron chi connectivity index (χ2n) is 4.17. The van der Waals surface area contributed by atoms with Crippen molar-refractivity contribution in [2.45, 2.75) is 6.61 Å². The maximum atomic E-state index is 13.6. The predicted octanol–water partition coefficient (Wildman–Crippen LogP) is 3.51. The molecule has 2 rings (SSSR count). The smallest absolute Gasteiger partial charge is 0.135 e. The lowest BCUT2D eigenvalue weighted by atomic mass is 10.2. The number of hydrogen-bond donors (Lipinski definition) is 1. The number of nitrogens with two attached hydrogens (primary N) is 1. The van der Waals surface area contributed by atoms with Crippen molar-refractivity contribution in [2.24, 2.45) is 5.73 Å². The molecule has 0 aliphatic rings. The van der Waals surface area contributed by atoms with E-state index in [2.05, 4.69) is 11.8 Å². The Kier molecular flexibility index (Phi) is 5.15. The van der Waals surface area contributed by atoms with Crippen molar-refractivity contribution in [1.29, 1.82) is 0 Å². The fraction of sp³-hybridized carbons (Fsp3) is 0.125. The van der Waals surface area contributed by atoms with Crippen LogP contribution in [-0.2, 0) is 6.61 Å². The Balaban J connectivity index is 2.21. The zero-order valence-electron chi connectivity index (χ0n) is 11.0. The van der Waals surface area contributed by atoms with Gasteiger partial charge in [-0.2, -0.15) is 0 Å². The fourth-order valence-corrected chi connectivity index (χ4v) is 1.88. The summed E-state index contributed by atoms with van der Waals surface area (Å²) in [5.74, 6) is 4.85. The third kappa shape index (κ3) is 4.19. The highest BCUT2D eigenvalue weighted by atomic mass is 35.5. The van der Waals surface area contributed by atoms with Crippen LogP contribution in [0.4, 0.5) is 8.78 Å². The molecular formula is C16H12ClF2NO. The normalized spacial score (nSPS) is 9.90. The summed E-state index contributed by atoms with van der Waals surface area (Å²) in [6.45, 7) is 0.119. The lowest BCUT2D eigenvalue weighted by molar-refractivity contribution is 0.298. The first kappa shape index (κ1) is 15.3. The number of rotatable bonds is 3. The number of benzene rings is 2. The van der Waals surface area contributed by atoms with E-state index < -0.39 is 11.6 Å². The molecule has 0 aromatic heterocycles. The summed E-state index contributed by atoms with van der Waals surface area (Å²) in [5.41, 5.74) is 5.97. The van der Waals surface area contributed by atoms with Gasteiger partial charge in [-0.25, -0.2) is 8.78 Å². The van der Waals surface area contributed by atoms with Gasteiger partial charge in [-0.1, -0.05) is 23.4 Å². The van der Waals surface area contributed by atoms with Crippen molar-refractivity contribution in [3.05, 3.63) is 64.2 Å². The summed E-state index contributed by atoms with van der Waals surface area (Å²) in [6.07, 6.45) is 0. The van der Waals surface area contributed by atoms with Gasteiger partial charge in [-0.15, -0.1) is 0 Å². The molecule has 0 heterocycles. The molecule has 2 aromatic rings. The second-order valence-corrected chi connectivity index (χ2v) is 4.61. The van der Waals surface area contributed by atoms with E-state index in [0.29, 0.717) is 21.9 Å². The first-order valence-corrected chi connectivity index (χ1v) is 6.53. The van der Waals surface area contributed by atoms with E-state index in [0.717, 1.165) is 0 Å². The van der Waals surface area contributed by atoms with Crippen LogP contribution in [0.5, 0.6) is 5.75 Å². The van der Waals surface area contributed by atoms with E-state index in [4.69, 9.17) is 22.1 Å². The van der Waals surface area contributed by atoms with Gasteiger partial charge in [0.2, 0.25) is 0 Å². The monoisotopic (exact) mass is 307 g/mol. The van der Waals surface area contributed by atoms with Gasteiger partial charge in [0.05, 0.1) is 12.1 Å². The average molecular weight is 308 g/mol. The molecule has 0 aliphatic heterocycles. The minimum absolute atomic E-state index is 0.0324. The van der Waals surface area contributed by atoms with Crippen LogP contribution in [0.2, 0.25) is 5.02 Å². The Morgan fingerprint density at radius 1 is 1.14 bits per heavy atom. The summed E-state index contributed by atoms with van der Waals surface area (Å²) in [7, 11) is 0. The summed E-state index contributed by atoms with van der Waals surface area (Å²) in [5, 5.41) is 0.414. The quantitative estimate of drug-likeness (QED) is 0.881. The van der Waals surface area contributed by atoms with Gasteiger partial charge < -0.3 is 10.5 Å². The first-order valence-electron chi connectivity index (χ1n) is 6.15. The van der Waals surface area contributed by atoms with Gasteiger partial charge in [0.25, 0.3) is 0 Å². The summed E-state index contributed by atoms with van der Waals surface area (Å²) < 4.78 is 32.3. The largest absolute Gasteiger partial charge is 0.487 e. The molecule has 0 atom stereocenters. The Labute approximate surface area is 126 Å². The van der Waals surface area contributed by atoms with Crippen LogP contribution < -0.4 is 10.5 Å². The van der Waals surface area contributed by atoms with E-state index in [1.807, 2.05) is 0 Å². The summed E-state index contributed by atoms with van der Waals surface area (Å²) in [4.78, 5) is 0. The highest BCUT2D eigenvalue weighted by Gasteiger charge is 2.07. The van der Waals surface area contributed by atoms with Crippen LogP contribution in [0, 0.1) is 23.5 Å². The van der Waals surface area contributed by atoms with Crippen LogP contribution in [0.25, 0.3) is 0 Å². The molecule has 0 fully saturated rings. The molecule has 0 saturated heterocycles. The summed E-state index contributed by atoms with van der Waals surface area (Å²) >= 11 is 5.81. The molecule has 2 nitrogen and oxygen atoms in total. The standard InChI is InChI=1S/C16H12ClF2NO/c17-13-3-5-15(19)12(8-13)10-21-16-6-4-14(18)9-11(16)2-1-7-20/h3-6,8-9H,7,10,20H2. The van der Waals surface area contributed by atoms with Crippen molar-refractivity contribution >= 4 is 11.6 Å². The van der Waals surface area contributed by atoms with E-state index in [-0.39, 0.29) is 13.2 Å². The number of hydrogen-bond acceptors (Lipinski definition) is 2.